The average Bonchev–Trinajstić information content (AvgIpc) is 3.15. The summed E-state index contributed by atoms with van der Waals surface area (Å²) in [6.45, 7) is 1.71. The van der Waals surface area contributed by atoms with Crippen molar-refractivity contribution < 1.29 is 14.3 Å². The molecule has 138 valence electrons. The van der Waals surface area contributed by atoms with Gasteiger partial charge in [-0.1, -0.05) is 0 Å². The summed E-state index contributed by atoms with van der Waals surface area (Å²) >= 11 is 0. The van der Waals surface area contributed by atoms with Gasteiger partial charge in [0.05, 0.1) is 11.3 Å². The zero-order valence-corrected chi connectivity index (χ0v) is 14.7. The molecule has 2 N–H and O–H groups in total. The first-order valence-corrected chi connectivity index (χ1v) is 8.87. The Morgan fingerprint density at radius 3 is 3.00 bits per heavy atom. The number of pyridine rings is 1. The van der Waals surface area contributed by atoms with E-state index in [4.69, 9.17) is 5.11 Å². The van der Waals surface area contributed by atoms with E-state index in [1.54, 1.807) is 12.3 Å². The fourth-order valence-corrected chi connectivity index (χ4v) is 3.44. The van der Waals surface area contributed by atoms with Crippen LogP contribution in [0.5, 0.6) is 0 Å². The first-order chi connectivity index (χ1) is 13.1. The maximum Gasteiger partial charge on any atom is 0.335 e. The molecule has 27 heavy (non-hydrogen) atoms. The lowest BCUT2D eigenvalue weighted by atomic mass is 10.0. The number of nitrogens with zero attached hydrogens (tertiary/aromatic N) is 3. The summed E-state index contributed by atoms with van der Waals surface area (Å²) in [6, 6.07) is 7.93. The standard InChI is InChI=1S/C20H19FN4O2/c21-15-3-4-18-13(10-15)2-1-8-25(18)9-6-19-23-12-17(24-19)16-11-14(20(26)27)5-7-22-16/h3-5,7,10-12H,1-2,6,8-9H2,(H,23,24)(H,26,27). The van der Waals surface area contributed by atoms with Crippen LogP contribution in [0.15, 0.2) is 42.7 Å². The third kappa shape index (κ3) is 3.67. The zero-order chi connectivity index (χ0) is 18.8. The number of carboxylic acids is 1. The fraction of sp³-hybridized carbons (Fsp3) is 0.250. The maximum atomic E-state index is 13.4. The summed E-state index contributed by atoms with van der Waals surface area (Å²) in [4.78, 5) is 25.2. The Hall–Kier alpha value is -3.22. The van der Waals surface area contributed by atoms with Gasteiger partial charge in [0.1, 0.15) is 17.3 Å². The molecular formula is C20H19FN4O2. The Morgan fingerprint density at radius 2 is 2.15 bits per heavy atom. The quantitative estimate of drug-likeness (QED) is 0.724. The number of hydrogen-bond donors (Lipinski definition) is 2. The minimum atomic E-state index is -0.991. The van der Waals surface area contributed by atoms with Crippen LogP contribution in [0, 0.1) is 5.82 Å². The predicted molar refractivity (Wildman–Crippen MR) is 99.4 cm³/mol. The number of aromatic carboxylic acids is 1. The van der Waals surface area contributed by atoms with Crippen LogP contribution in [0.25, 0.3) is 11.4 Å². The lowest BCUT2D eigenvalue weighted by Crippen LogP contribution is -2.31. The smallest absolute Gasteiger partial charge is 0.335 e. The summed E-state index contributed by atoms with van der Waals surface area (Å²) in [5.74, 6) is -0.376. The van der Waals surface area contributed by atoms with Gasteiger partial charge in [0.25, 0.3) is 0 Å². The topological polar surface area (TPSA) is 82.1 Å². The van der Waals surface area contributed by atoms with Crippen molar-refractivity contribution in [3.8, 4) is 11.4 Å². The molecule has 3 aromatic rings. The fourth-order valence-electron chi connectivity index (χ4n) is 3.44. The van der Waals surface area contributed by atoms with Gasteiger partial charge in [-0.2, -0.15) is 0 Å². The number of hydrogen-bond acceptors (Lipinski definition) is 4. The lowest BCUT2D eigenvalue weighted by molar-refractivity contribution is 0.0697. The molecule has 0 fully saturated rings. The molecule has 4 rings (SSSR count). The van der Waals surface area contributed by atoms with Gasteiger partial charge in [-0.3, -0.25) is 4.98 Å². The highest BCUT2D eigenvalue weighted by Gasteiger charge is 2.18. The third-order valence-corrected chi connectivity index (χ3v) is 4.78. The second-order valence-electron chi connectivity index (χ2n) is 6.58. The molecule has 0 aliphatic carbocycles. The first-order valence-electron chi connectivity index (χ1n) is 8.87. The number of aryl methyl sites for hydroxylation is 1. The SMILES string of the molecule is O=C(O)c1ccnc(-c2c[nH]c(CCN3CCCc4cc(F)ccc43)n2)c1. The zero-order valence-electron chi connectivity index (χ0n) is 14.7. The summed E-state index contributed by atoms with van der Waals surface area (Å²) in [5, 5.41) is 9.10. The van der Waals surface area contributed by atoms with Crippen molar-refractivity contribution in [2.24, 2.45) is 0 Å². The van der Waals surface area contributed by atoms with E-state index in [9.17, 15) is 9.18 Å². The Bertz CT molecular complexity index is 986. The van der Waals surface area contributed by atoms with E-state index in [0.717, 1.165) is 43.0 Å². The number of halogens is 1. The maximum absolute atomic E-state index is 13.4. The van der Waals surface area contributed by atoms with E-state index in [1.165, 1.54) is 24.4 Å². The van der Waals surface area contributed by atoms with Crippen LogP contribution in [0.4, 0.5) is 10.1 Å². The highest BCUT2D eigenvalue weighted by atomic mass is 19.1. The van der Waals surface area contributed by atoms with Gasteiger partial charge < -0.3 is 15.0 Å². The van der Waals surface area contributed by atoms with Crippen LogP contribution < -0.4 is 4.90 Å². The molecule has 0 saturated heterocycles. The van der Waals surface area contributed by atoms with Gasteiger partial charge in [0, 0.05) is 37.6 Å². The molecule has 0 atom stereocenters. The van der Waals surface area contributed by atoms with Crippen LogP contribution in [0.1, 0.15) is 28.2 Å². The third-order valence-electron chi connectivity index (χ3n) is 4.78. The minimum Gasteiger partial charge on any atom is -0.478 e. The summed E-state index contributed by atoms with van der Waals surface area (Å²) in [6.07, 6.45) is 5.82. The molecule has 1 aliphatic rings. The van der Waals surface area contributed by atoms with E-state index in [0.29, 0.717) is 17.8 Å². The lowest BCUT2D eigenvalue weighted by Gasteiger charge is -2.31. The van der Waals surface area contributed by atoms with Crippen molar-refractivity contribution in [3.05, 3.63) is 65.5 Å². The van der Waals surface area contributed by atoms with Crippen LogP contribution in [-0.2, 0) is 12.8 Å². The van der Waals surface area contributed by atoms with E-state index in [-0.39, 0.29) is 11.4 Å². The predicted octanol–water partition coefficient (Wildman–Crippen LogP) is 3.30. The number of H-pyrrole nitrogens is 1. The van der Waals surface area contributed by atoms with Crippen LogP contribution >= 0.6 is 0 Å². The molecule has 0 spiro atoms. The van der Waals surface area contributed by atoms with Crippen molar-refractivity contribution in [1.29, 1.82) is 0 Å². The molecule has 6 nitrogen and oxygen atoms in total. The summed E-state index contributed by atoms with van der Waals surface area (Å²) in [7, 11) is 0. The largest absolute Gasteiger partial charge is 0.478 e. The van der Waals surface area contributed by atoms with Gasteiger partial charge in [0.2, 0.25) is 0 Å². The van der Waals surface area contributed by atoms with Crippen LogP contribution in [0.2, 0.25) is 0 Å². The van der Waals surface area contributed by atoms with Crippen molar-refractivity contribution in [2.45, 2.75) is 19.3 Å². The van der Waals surface area contributed by atoms with E-state index >= 15 is 0 Å². The molecule has 0 unspecified atom stereocenters. The number of carboxylic acid groups (broad SMARTS) is 1. The molecule has 0 saturated carbocycles. The number of carbonyl (C=O) groups is 1. The average molecular weight is 366 g/mol. The normalized spacial score (nSPS) is 13.4. The number of aromatic amines is 1. The van der Waals surface area contributed by atoms with E-state index < -0.39 is 5.97 Å². The Kier molecular flexibility index (Phi) is 4.58. The number of fused-ring (bicyclic) bond motifs is 1. The highest BCUT2D eigenvalue weighted by molar-refractivity contribution is 5.88. The molecule has 7 heteroatoms. The van der Waals surface area contributed by atoms with Crippen molar-refractivity contribution in [2.75, 3.05) is 18.0 Å². The Morgan fingerprint density at radius 1 is 1.26 bits per heavy atom. The molecule has 0 radical (unpaired) electrons. The Labute approximate surface area is 155 Å². The highest BCUT2D eigenvalue weighted by Crippen LogP contribution is 2.27. The monoisotopic (exact) mass is 366 g/mol. The van der Waals surface area contributed by atoms with Gasteiger partial charge in [-0.05, 0) is 48.7 Å². The molecule has 3 heterocycles. The second-order valence-corrected chi connectivity index (χ2v) is 6.58. The van der Waals surface area contributed by atoms with E-state index in [1.807, 2.05) is 6.07 Å². The number of anilines is 1. The summed E-state index contributed by atoms with van der Waals surface area (Å²) < 4.78 is 13.4. The molecule has 1 aromatic carbocycles. The molecule has 0 bridgehead atoms. The van der Waals surface area contributed by atoms with Crippen LogP contribution in [-0.4, -0.2) is 39.1 Å². The van der Waals surface area contributed by atoms with E-state index in [2.05, 4.69) is 19.9 Å². The number of aromatic nitrogens is 3. The van der Waals surface area contributed by atoms with Gasteiger partial charge >= 0.3 is 5.97 Å². The summed E-state index contributed by atoms with van der Waals surface area (Å²) in [5.41, 5.74) is 3.47. The Balaban J connectivity index is 1.47. The number of rotatable bonds is 5. The number of nitrogens with one attached hydrogen (secondary N) is 1. The molecular weight excluding hydrogens is 347 g/mol. The second kappa shape index (κ2) is 7.19. The first kappa shape index (κ1) is 17.2. The molecule has 0 amide bonds. The van der Waals surface area contributed by atoms with Crippen molar-refractivity contribution in [3.63, 3.8) is 0 Å². The van der Waals surface area contributed by atoms with Gasteiger partial charge in [-0.25, -0.2) is 14.2 Å². The van der Waals surface area contributed by atoms with Crippen molar-refractivity contribution in [1.82, 2.24) is 15.0 Å². The van der Waals surface area contributed by atoms with Gasteiger partial charge in [0.15, 0.2) is 0 Å². The minimum absolute atomic E-state index is 0.182. The number of benzene rings is 1. The molecule has 2 aromatic heterocycles. The van der Waals surface area contributed by atoms with Gasteiger partial charge in [-0.15, -0.1) is 0 Å². The number of imidazole rings is 1. The van der Waals surface area contributed by atoms with Crippen molar-refractivity contribution >= 4 is 11.7 Å². The van der Waals surface area contributed by atoms with Crippen LogP contribution in [0.3, 0.4) is 0 Å². The molecule has 1 aliphatic heterocycles.